The molecule has 1 aliphatic rings. The van der Waals surface area contributed by atoms with E-state index in [1.165, 1.54) is 0 Å². The van der Waals surface area contributed by atoms with Gasteiger partial charge in [-0.1, -0.05) is 12.1 Å². The Hall–Kier alpha value is -1.75. The zero-order chi connectivity index (χ0) is 10.7. The van der Waals surface area contributed by atoms with Gasteiger partial charge < -0.3 is 4.74 Å². The number of carbonyl (C=O) groups is 1. The summed E-state index contributed by atoms with van der Waals surface area (Å²) in [6.07, 6.45) is 0.794. The quantitative estimate of drug-likeness (QED) is 0.376. The van der Waals surface area contributed by atoms with Gasteiger partial charge in [0, 0.05) is 6.54 Å². The summed E-state index contributed by atoms with van der Waals surface area (Å²) >= 11 is 0. The summed E-state index contributed by atoms with van der Waals surface area (Å²) in [5, 5.41) is 0. The average Bonchev–Trinajstić information content (AvgIpc) is 2.50. The van der Waals surface area contributed by atoms with Crippen LogP contribution < -0.4 is 20.9 Å². The summed E-state index contributed by atoms with van der Waals surface area (Å²) in [6.45, 7) is 1.23. The van der Waals surface area contributed by atoms with Crippen molar-refractivity contribution >= 4 is 11.7 Å². The lowest BCUT2D eigenvalue weighted by Gasteiger charge is -2.20. The highest BCUT2D eigenvalue weighted by molar-refractivity contribution is 5.93. The highest BCUT2D eigenvalue weighted by Gasteiger charge is 2.20. The number of para-hydroxylation sites is 2. The highest BCUT2D eigenvalue weighted by Crippen LogP contribution is 2.30. The molecule has 0 unspecified atom stereocenters. The van der Waals surface area contributed by atoms with E-state index < -0.39 is 0 Å². The maximum absolute atomic E-state index is 11.5. The first kappa shape index (κ1) is 9.79. The Labute approximate surface area is 87.8 Å². The van der Waals surface area contributed by atoms with Gasteiger partial charge in [-0.3, -0.25) is 10.3 Å². The molecule has 80 valence electrons. The Morgan fingerprint density at radius 2 is 2.27 bits per heavy atom. The molecule has 0 aliphatic carbocycles. The van der Waals surface area contributed by atoms with Gasteiger partial charge in [-0.15, -0.1) is 0 Å². The number of nitrogens with one attached hydrogen (secondary N) is 1. The number of urea groups is 1. The van der Waals surface area contributed by atoms with Crippen molar-refractivity contribution in [1.29, 1.82) is 0 Å². The van der Waals surface area contributed by atoms with E-state index in [-0.39, 0.29) is 6.03 Å². The van der Waals surface area contributed by atoms with E-state index in [4.69, 9.17) is 10.6 Å². The highest BCUT2D eigenvalue weighted by atomic mass is 16.5. The molecule has 0 spiro atoms. The summed E-state index contributed by atoms with van der Waals surface area (Å²) in [6, 6.07) is 7.12. The number of hydrogen-bond acceptors (Lipinski definition) is 3. The normalized spacial score (nSPS) is 14.9. The van der Waals surface area contributed by atoms with Crippen LogP contribution in [0, 0.1) is 0 Å². The number of carbonyl (C=O) groups excluding carboxylic acids is 1. The monoisotopic (exact) mass is 207 g/mol. The molecule has 0 fully saturated rings. The summed E-state index contributed by atoms with van der Waals surface area (Å²) in [5.74, 6) is 5.85. The van der Waals surface area contributed by atoms with Gasteiger partial charge in [0.25, 0.3) is 0 Å². The maximum Gasteiger partial charge on any atom is 0.336 e. The van der Waals surface area contributed by atoms with Crippen LogP contribution in [0.25, 0.3) is 0 Å². The Balaban J connectivity index is 2.37. The van der Waals surface area contributed by atoms with Crippen molar-refractivity contribution in [3.05, 3.63) is 24.3 Å². The van der Waals surface area contributed by atoms with E-state index in [0.29, 0.717) is 13.2 Å². The van der Waals surface area contributed by atoms with E-state index in [9.17, 15) is 4.79 Å². The second-order valence-corrected chi connectivity index (χ2v) is 3.27. The van der Waals surface area contributed by atoms with Gasteiger partial charge in [0.2, 0.25) is 0 Å². The van der Waals surface area contributed by atoms with Gasteiger partial charge in [0.1, 0.15) is 5.75 Å². The molecule has 1 aliphatic heterocycles. The maximum atomic E-state index is 11.5. The molecule has 0 aromatic heterocycles. The second-order valence-electron chi connectivity index (χ2n) is 3.27. The number of ether oxygens (including phenoxy) is 1. The predicted molar refractivity (Wildman–Crippen MR) is 56.6 cm³/mol. The van der Waals surface area contributed by atoms with Crippen molar-refractivity contribution in [3.8, 4) is 5.75 Å². The number of fused-ring (bicyclic) bond motifs is 1. The van der Waals surface area contributed by atoms with Crippen molar-refractivity contribution in [2.45, 2.75) is 6.42 Å². The van der Waals surface area contributed by atoms with Gasteiger partial charge in [-0.25, -0.2) is 10.6 Å². The van der Waals surface area contributed by atoms with Gasteiger partial charge in [0.15, 0.2) is 0 Å². The molecule has 2 amide bonds. The van der Waals surface area contributed by atoms with Crippen LogP contribution in [-0.4, -0.2) is 19.2 Å². The average molecular weight is 207 g/mol. The Morgan fingerprint density at radius 3 is 3.07 bits per heavy atom. The number of hydrogen-bond donors (Lipinski definition) is 2. The fraction of sp³-hybridized carbons (Fsp3) is 0.300. The molecule has 1 heterocycles. The number of benzene rings is 1. The summed E-state index contributed by atoms with van der Waals surface area (Å²) in [4.78, 5) is 13.1. The molecule has 0 saturated carbocycles. The van der Waals surface area contributed by atoms with Gasteiger partial charge in [0.05, 0.1) is 12.3 Å². The first-order valence-electron chi connectivity index (χ1n) is 4.83. The fourth-order valence-corrected chi connectivity index (χ4v) is 1.62. The van der Waals surface area contributed by atoms with Crippen molar-refractivity contribution in [2.75, 3.05) is 18.1 Å². The summed E-state index contributed by atoms with van der Waals surface area (Å²) in [5.41, 5.74) is 2.90. The third kappa shape index (κ3) is 1.87. The van der Waals surface area contributed by atoms with Crippen molar-refractivity contribution in [3.63, 3.8) is 0 Å². The van der Waals surface area contributed by atoms with E-state index in [1.54, 1.807) is 4.90 Å². The number of nitrogens with two attached hydrogens (primary N) is 1. The third-order valence-electron chi connectivity index (χ3n) is 2.31. The van der Waals surface area contributed by atoms with Crippen LogP contribution in [0.4, 0.5) is 10.5 Å². The smallest absolute Gasteiger partial charge is 0.336 e. The molecular formula is C10H13N3O2. The molecule has 1 aromatic rings. The number of anilines is 1. The van der Waals surface area contributed by atoms with E-state index >= 15 is 0 Å². The zero-order valence-electron chi connectivity index (χ0n) is 8.27. The van der Waals surface area contributed by atoms with Crippen LogP contribution in [0.5, 0.6) is 5.75 Å². The molecule has 5 nitrogen and oxygen atoms in total. The lowest BCUT2D eigenvalue weighted by Crippen LogP contribution is -2.43. The molecule has 0 radical (unpaired) electrons. The van der Waals surface area contributed by atoms with E-state index in [0.717, 1.165) is 17.9 Å². The molecule has 3 N–H and O–H groups in total. The lowest BCUT2D eigenvalue weighted by molar-refractivity contribution is 0.246. The lowest BCUT2D eigenvalue weighted by atomic mass is 10.2. The molecule has 0 bridgehead atoms. The Kier molecular flexibility index (Phi) is 2.73. The minimum Gasteiger partial charge on any atom is -0.491 e. The van der Waals surface area contributed by atoms with Crippen LogP contribution in [0.1, 0.15) is 6.42 Å². The van der Waals surface area contributed by atoms with Crippen LogP contribution in [-0.2, 0) is 0 Å². The number of hydrazine groups is 1. The van der Waals surface area contributed by atoms with Crippen LogP contribution in [0.2, 0.25) is 0 Å². The van der Waals surface area contributed by atoms with Crippen molar-refractivity contribution < 1.29 is 9.53 Å². The largest absolute Gasteiger partial charge is 0.491 e. The molecule has 0 saturated heterocycles. The molecule has 0 atom stereocenters. The van der Waals surface area contributed by atoms with Gasteiger partial charge in [-0.05, 0) is 18.6 Å². The zero-order valence-corrected chi connectivity index (χ0v) is 8.27. The molecule has 2 rings (SSSR count). The summed E-state index contributed by atoms with van der Waals surface area (Å²) in [7, 11) is 0. The standard InChI is InChI=1S/C10H13N3O2/c11-12-10(14)13-6-3-7-15-9-5-2-1-4-8(9)13/h1-2,4-5H,3,6-7,11H2,(H,12,14). The molecular weight excluding hydrogens is 194 g/mol. The van der Waals surface area contributed by atoms with Gasteiger partial charge in [-0.2, -0.15) is 0 Å². The predicted octanol–water partition coefficient (Wildman–Crippen LogP) is 0.859. The van der Waals surface area contributed by atoms with Crippen LogP contribution >= 0.6 is 0 Å². The van der Waals surface area contributed by atoms with Crippen LogP contribution in [0.3, 0.4) is 0 Å². The Bertz CT molecular complexity index is 367. The van der Waals surface area contributed by atoms with E-state index in [2.05, 4.69) is 5.43 Å². The minimum absolute atomic E-state index is 0.312. The summed E-state index contributed by atoms with van der Waals surface area (Å²) < 4.78 is 5.51. The van der Waals surface area contributed by atoms with E-state index in [1.807, 2.05) is 24.3 Å². The SMILES string of the molecule is NNC(=O)N1CCCOc2ccccc21. The second kappa shape index (κ2) is 4.18. The topological polar surface area (TPSA) is 67.6 Å². The Morgan fingerprint density at radius 1 is 1.47 bits per heavy atom. The fourth-order valence-electron chi connectivity index (χ4n) is 1.62. The first-order valence-corrected chi connectivity index (χ1v) is 4.83. The number of amides is 2. The first-order chi connectivity index (χ1) is 7.33. The molecule has 5 heteroatoms. The molecule has 15 heavy (non-hydrogen) atoms. The minimum atomic E-state index is -0.312. The van der Waals surface area contributed by atoms with Gasteiger partial charge >= 0.3 is 6.03 Å². The number of rotatable bonds is 0. The van der Waals surface area contributed by atoms with Crippen molar-refractivity contribution in [1.82, 2.24) is 5.43 Å². The number of nitrogens with zero attached hydrogens (tertiary/aromatic N) is 1. The van der Waals surface area contributed by atoms with Crippen molar-refractivity contribution in [2.24, 2.45) is 5.84 Å². The molecule has 1 aromatic carbocycles. The third-order valence-corrected chi connectivity index (χ3v) is 2.31. The van der Waals surface area contributed by atoms with Crippen LogP contribution in [0.15, 0.2) is 24.3 Å².